The van der Waals surface area contributed by atoms with Gasteiger partial charge in [0.2, 0.25) is 5.91 Å². The highest BCUT2D eigenvalue weighted by molar-refractivity contribution is 9.10. The Balaban J connectivity index is 1.60. The number of aromatic nitrogens is 1. The van der Waals surface area contributed by atoms with Gasteiger partial charge in [-0.1, -0.05) is 22.0 Å². The summed E-state index contributed by atoms with van der Waals surface area (Å²) in [7, 11) is 0. The lowest BCUT2D eigenvalue weighted by Crippen LogP contribution is -2.45. The first-order valence-electron chi connectivity index (χ1n) is 8.31. The maximum absolute atomic E-state index is 12.6. The van der Waals surface area contributed by atoms with Gasteiger partial charge in [0.1, 0.15) is 0 Å². The van der Waals surface area contributed by atoms with Gasteiger partial charge in [0.25, 0.3) is 0 Å². The summed E-state index contributed by atoms with van der Waals surface area (Å²) < 4.78 is 1.06. The van der Waals surface area contributed by atoms with Crippen molar-refractivity contribution in [3.63, 3.8) is 0 Å². The number of likely N-dealkylation sites (tertiary alicyclic amines) is 1. The summed E-state index contributed by atoms with van der Waals surface area (Å²) in [5.74, 6) is 0.187. The number of piperidine rings is 1. The highest BCUT2D eigenvalue weighted by Gasteiger charge is 2.24. The molecule has 3 rings (SSSR count). The van der Waals surface area contributed by atoms with E-state index in [-0.39, 0.29) is 5.91 Å². The van der Waals surface area contributed by atoms with Crippen LogP contribution in [0.15, 0.2) is 47.2 Å². The molecule has 0 saturated carbocycles. The maximum atomic E-state index is 12.6. The molecular weight excluding hydrogens is 366 g/mol. The molecule has 1 aliphatic heterocycles. The van der Waals surface area contributed by atoms with Crippen molar-refractivity contribution in [2.45, 2.75) is 32.2 Å². The first kappa shape index (κ1) is 17.0. The summed E-state index contributed by atoms with van der Waals surface area (Å²) in [5, 5.41) is 3.55. The summed E-state index contributed by atoms with van der Waals surface area (Å²) in [4.78, 5) is 18.7. The molecule has 1 atom stereocenters. The molecule has 0 aliphatic carbocycles. The van der Waals surface area contributed by atoms with Gasteiger partial charge >= 0.3 is 0 Å². The van der Waals surface area contributed by atoms with Crippen LogP contribution in [0.2, 0.25) is 0 Å². The number of pyridine rings is 1. The van der Waals surface area contributed by atoms with Crippen molar-refractivity contribution in [3.8, 4) is 0 Å². The van der Waals surface area contributed by atoms with Crippen LogP contribution < -0.4 is 5.32 Å². The molecule has 2 aromatic rings. The Kier molecular flexibility index (Phi) is 5.51. The molecule has 5 heteroatoms. The zero-order valence-corrected chi connectivity index (χ0v) is 15.4. The van der Waals surface area contributed by atoms with Crippen LogP contribution in [-0.2, 0) is 11.2 Å². The van der Waals surface area contributed by atoms with Gasteiger partial charge in [-0.05, 0) is 55.2 Å². The summed E-state index contributed by atoms with van der Waals surface area (Å²) in [6, 6.07) is 10.4. The van der Waals surface area contributed by atoms with E-state index in [1.807, 2.05) is 30.0 Å². The van der Waals surface area contributed by atoms with E-state index in [1.165, 1.54) is 0 Å². The minimum absolute atomic E-state index is 0.187. The van der Waals surface area contributed by atoms with Crippen molar-refractivity contribution >= 4 is 27.5 Å². The molecule has 4 nitrogen and oxygen atoms in total. The molecule has 24 heavy (non-hydrogen) atoms. The standard InChI is InChI=1S/C19H22BrN3O/c1-14-7-8-21-12-15(14)10-19(24)23-9-3-6-18(13-23)22-17-5-2-4-16(20)11-17/h2,4-5,7-8,11-12,18,22H,3,6,9-10,13H2,1H3/t18-/m0/s1. The van der Waals surface area contributed by atoms with E-state index in [0.29, 0.717) is 12.5 Å². The fraction of sp³-hybridized carbons (Fsp3) is 0.368. The average Bonchev–Trinajstić information content (AvgIpc) is 2.57. The number of anilines is 1. The third-order valence-corrected chi connectivity index (χ3v) is 4.95. The molecular formula is C19H22BrN3O. The molecule has 1 amide bonds. The summed E-state index contributed by atoms with van der Waals surface area (Å²) >= 11 is 3.50. The van der Waals surface area contributed by atoms with Crippen LogP contribution in [0.25, 0.3) is 0 Å². The summed E-state index contributed by atoms with van der Waals surface area (Å²) in [6.45, 7) is 3.62. The lowest BCUT2D eigenvalue weighted by Gasteiger charge is -2.34. The molecule has 1 saturated heterocycles. The molecule has 1 aromatic heterocycles. The number of nitrogens with one attached hydrogen (secondary N) is 1. The van der Waals surface area contributed by atoms with Crippen LogP contribution in [0.5, 0.6) is 0 Å². The van der Waals surface area contributed by atoms with Crippen LogP contribution in [0.3, 0.4) is 0 Å². The van der Waals surface area contributed by atoms with Gasteiger partial charge in [-0.2, -0.15) is 0 Å². The van der Waals surface area contributed by atoms with Crippen LogP contribution in [0.4, 0.5) is 5.69 Å². The zero-order chi connectivity index (χ0) is 16.9. The molecule has 2 heterocycles. The Labute approximate surface area is 151 Å². The van der Waals surface area contributed by atoms with Crippen molar-refractivity contribution in [3.05, 3.63) is 58.3 Å². The van der Waals surface area contributed by atoms with Crippen molar-refractivity contribution in [1.29, 1.82) is 0 Å². The zero-order valence-electron chi connectivity index (χ0n) is 13.8. The van der Waals surface area contributed by atoms with Crippen LogP contribution in [-0.4, -0.2) is 34.9 Å². The second-order valence-electron chi connectivity index (χ2n) is 6.31. The molecule has 1 aromatic carbocycles. The number of nitrogens with zero attached hydrogens (tertiary/aromatic N) is 2. The highest BCUT2D eigenvalue weighted by Crippen LogP contribution is 2.20. The molecule has 0 spiro atoms. The number of hydrogen-bond donors (Lipinski definition) is 1. The Morgan fingerprint density at radius 1 is 1.42 bits per heavy atom. The van der Waals surface area contributed by atoms with Gasteiger partial charge in [-0.25, -0.2) is 0 Å². The molecule has 1 fully saturated rings. The van der Waals surface area contributed by atoms with Crippen LogP contribution in [0, 0.1) is 6.92 Å². The Hall–Kier alpha value is -1.88. The van der Waals surface area contributed by atoms with Crippen molar-refractivity contribution in [2.75, 3.05) is 18.4 Å². The van der Waals surface area contributed by atoms with Gasteiger partial charge in [-0.3, -0.25) is 9.78 Å². The summed E-state index contributed by atoms with van der Waals surface area (Å²) in [6.07, 6.45) is 6.12. The summed E-state index contributed by atoms with van der Waals surface area (Å²) in [5.41, 5.74) is 3.23. The number of amides is 1. The van der Waals surface area contributed by atoms with Crippen molar-refractivity contribution in [1.82, 2.24) is 9.88 Å². The first-order chi connectivity index (χ1) is 11.6. The lowest BCUT2D eigenvalue weighted by atomic mass is 10.0. The average molecular weight is 388 g/mol. The monoisotopic (exact) mass is 387 g/mol. The van der Waals surface area contributed by atoms with E-state index in [1.54, 1.807) is 12.4 Å². The Bertz CT molecular complexity index is 719. The predicted molar refractivity (Wildman–Crippen MR) is 100 cm³/mol. The van der Waals surface area contributed by atoms with Gasteiger partial charge in [-0.15, -0.1) is 0 Å². The predicted octanol–water partition coefficient (Wildman–Crippen LogP) is 3.80. The van der Waals surface area contributed by atoms with Crippen LogP contribution >= 0.6 is 15.9 Å². The van der Waals surface area contributed by atoms with Gasteiger partial charge < -0.3 is 10.2 Å². The molecule has 0 bridgehead atoms. The molecule has 126 valence electrons. The number of halogens is 1. The van der Waals surface area contributed by atoms with E-state index >= 15 is 0 Å². The number of carbonyl (C=O) groups excluding carboxylic acids is 1. The minimum atomic E-state index is 0.187. The van der Waals surface area contributed by atoms with E-state index in [2.05, 4.69) is 38.4 Å². The SMILES string of the molecule is Cc1ccncc1CC(=O)N1CCC[C@H](Nc2cccc(Br)c2)C1. The van der Waals surface area contributed by atoms with Gasteiger partial charge in [0.15, 0.2) is 0 Å². The third kappa shape index (κ3) is 4.35. The fourth-order valence-corrected chi connectivity index (χ4v) is 3.49. The maximum Gasteiger partial charge on any atom is 0.227 e. The van der Waals surface area contributed by atoms with Crippen LogP contribution in [0.1, 0.15) is 24.0 Å². The largest absolute Gasteiger partial charge is 0.380 e. The molecule has 1 N–H and O–H groups in total. The number of aryl methyl sites for hydroxylation is 1. The number of carbonyl (C=O) groups is 1. The normalized spacial score (nSPS) is 17.6. The highest BCUT2D eigenvalue weighted by atomic mass is 79.9. The van der Waals surface area contributed by atoms with E-state index in [9.17, 15) is 4.79 Å². The van der Waals surface area contributed by atoms with Gasteiger partial charge in [0, 0.05) is 41.7 Å². The van der Waals surface area contributed by atoms with E-state index in [0.717, 1.165) is 47.2 Å². The first-order valence-corrected chi connectivity index (χ1v) is 9.10. The quantitative estimate of drug-likeness (QED) is 0.867. The number of hydrogen-bond acceptors (Lipinski definition) is 3. The number of benzene rings is 1. The molecule has 0 unspecified atom stereocenters. The second-order valence-corrected chi connectivity index (χ2v) is 7.23. The third-order valence-electron chi connectivity index (χ3n) is 4.46. The molecule has 0 radical (unpaired) electrons. The van der Waals surface area contributed by atoms with Crippen molar-refractivity contribution < 1.29 is 4.79 Å². The smallest absolute Gasteiger partial charge is 0.227 e. The van der Waals surface area contributed by atoms with E-state index in [4.69, 9.17) is 0 Å². The Morgan fingerprint density at radius 3 is 3.08 bits per heavy atom. The topological polar surface area (TPSA) is 45.2 Å². The second kappa shape index (κ2) is 7.79. The number of rotatable bonds is 4. The van der Waals surface area contributed by atoms with Crippen molar-refractivity contribution in [2.24, 2.45) is 0 Å². The Morgan fingerprint density at radius 2 is 2.29 bits per heavy atom. The van der Waals surface area contributed by atoms with E-state index < -0.39 is 0 Å². The minimum Gasteiger partial charge on any atom is -0.380 e. The lowest BCUT2D eigenvalue weighted by molar-refractivity contribution is -0.131. The molecule has 1 aliphatic rings. The van der Waals surface area contributed by atoms with Gasteiger partial charge in [0.05, 0.1) is 6.42 Å². The fourth-order valence-electron chi connectivity index (χ4n) is 3.09.